The van der Waals surface area contributed by atoms with Gasteiger partial charge in [-0.3, -0.25) is 9.59 Å². The van der Waals surface area contributed by atoms with Crippen molar-refractivity contribution in [2.45, 2.75) is 0 Å². The molecule has 0 saturated carbocycles. The van der Waals surface area contributed by atoms with E-state index in [0.29, 0.717) is 17.7 Å². The number of nitrogens with one attached hydrogen (secondary N) is 2. The predicted molar refractivity (Wildman–Crippen MR) is 104 cm³/mol. The monoisotopic (exact) mass is 392 g/mol. The molecule has 0 saturated heterocycles. The van der Waals surface area contributed by atoms with Gasteiger partial charge in [0.15, 0.2) is 0 Å². The van der Waals surface area contributed by atoms with Gasteiger partial charge in [-0.1, -0.05) is 24.3 Å². The van der Waals surface area contributed by atoms with Gasteiger partial charge in [0.1, 0.15) is 23.3 Å². The van der Waals surface area contributed by atoms with E-state index in [0.717, 1.165) is 0 Å². The second-order valence-corrected chi connectivity index (χ2v) is 6.05. The summed E-state index contributed by atoms with van der Waals surface area (Å²) in [6.07, 6.45) is 0. The van der Waals surface area contributed by atoms with Crippen molar-refractivity contribution in [1.82, 2.24) is 10.6 Å². The van der Waals surface area contributed by atoms with Crippen molar-refractivity contribution in [1.29, 1.82) is 5.26 Å². The van der Waals surface area contributed by atoms with Crippen LogP contribution in [0.5, 0.6) is 0 Å². The van der Waals surface area contributed by atoms with Crippen LogP contribution < -0.4 is 10.6 Å². The van der Waals surface area contributed by atoms with Crippen LogP contribution in [0.15, 0.2) is 59.1 Å². The highest BCUT2D eigenvalue weighted by Gasteiger charge is 2.27. The average molecular weight is 392 g/mol. The maximum Gasteiger partial charge on any atom is 0.264 e. The summed E-state index contributed by atoms with van der Waals surface area (Å²) in [4.78, 5) is 29.2. The first-order chi connectivity index (χ1) is 14.0. The van der Waals surface area contributed by atoms with E-state index < -0.39 is 17.6 Å². The molecule has 2 aromatic rings. The van der Waals surface area contributed by atoms with Gasteiger partial charge in [-0.15, -0.1) is 0 Å². The Labute approximate surface area is 166 Å². The third kappa shape index (κ3) is 4.36. The third-order valence-electron chi connectivity index (χ3n) is 4.17. The molecule has 0 spiro atoms. The van der Waals surface area contributed by atoms with E-state index in [9.17, 15) is 19.2 Å². The Morgan fingerprint density at radius 3 is 2.48 bits per heavy atom. The molecule has 146 valence electrons. The molecule has 0 radical (unpaired) electrons. The summed E-state index contributed by atoms with van der Waals surface area (Å²) in [5.41, 5.74) is 1.39. The number of rotatable bonds is 5. The van der Waals surface area contributed by atoms with E-state index in [1.165, 1.54) is 31.4 Å². The fourth-order valence-corrected chi connectivity index (χ4v) is 2.76. The molecule has 29 heavy (non-hydrogen) atoms. The molecule has 8 heteroatoms. The molecule has 7 nitrogen and oxygen atoms in total. The summed E-state index contributed by atoms with van der Waals surface area (Å²) < 4.78 is 18.0. The Kier molecular flexibility index (Phi) is 6.12. The van der Waals surface area contributed by atoms with Crippen LogP contribution in [0.4, 0.5) is 4.39 Å². The summed E-state index contributed by atoms with van der Waals surface area (Å²) in [5, 5.41) is 14.8. The van der Waals surface area contributed by atoms with Gasteiger partial charge in [0.25, 0.3) is 11.8 Å². The van der Waals surface area contributed by atoms with E-state index in [1.807, 2.05) is 6.07 Å². The number of amidine groups is 1. The number of fused-ring (bicyclic) bond motifs is 1. The van der Waals surface area contributed by atoms with Gasteiger partial charge in [0.2, 0.25) is 0 Å². The van der Waals surface area contributed by atoms with Gasteiger partial charge in [-0.25, -0.2) is 9.38 Å². The number of halogens is 1. The normalized spacial score (nSPS) is 13.8. The number of ether oxygens (including phenoxy) is 1. The smallest absolute Gasteiger partial charge is 0.264 e. The van der Waals surface area contributed by atoms with Crippen LogP contribution in [0.2, 0.25) is 0 Å². The van der Waals surface area contributed by atoms with Crippen LogP contribution in [-0.2, 0) is 9.53 Å². The van der Waals surface area contributed by atoms with Gasteiger partial charge in [0, 0.05) is 30.3 Å². The fraction of sp³-hybridized carbons (Fsp3) is 0.143. The lowest BCUT2D eigenvalue weighted by atomic mass is 10.0. The number of carbonyl (C=O) groups excluding carboxylic acids is 2. The van der Waals surface area contributed by atoms with Crippen molar-refractivity contribution in [2.24, 2.45) is 4.99 Å². The van der Waals surface area contributed by atoms with Crippen LogP contribution in [-0.4, -0.2) is 37.9 Å². The molecule has 1 aliphatic rings. The molecule has 2 aromatic carbocycles. The minimum atomic E-state index is -0.579. The van der Waals surface area contributed by atoms with Gasteiger partial charge >= 0.3 is 0 Å². The van der Waals surface area contributed by atoms with Crippen LogP contribution in [0.3, 0.4) is 0 Å². The quantitative estimate of drug-likeness (QED) is 0.461. The second kappa shape index (κ2) is 8.91. The first kappa shape index (κ1) is 19.9. The van der Waals surface area contributed by atoms with Gasteiger partial charge in [-0.05, 0) is 24.3 Å². The number of hydrogen-bond donors (Lipinski definition) is 2. The maximum atomic E-state index is 13.1. The van der Waals surface area contributed by atoms with Crippen LogP contribution >= 0.6 is 0 Å². The first-order valence-electron chi connectivity index (χ1n) is 8.72. The van der Waals surface area contributed by atoms with Gasteiger partial charge in [-0.2, -0.15) is 5.26 Å². The Bertz CT molecular complexity index is 1050. The maximum absolute atomic E-state index is 13.1. The molecular formula is C21H17FN4O3. The molecule has 1 heterocycles. The summed E-state index contributed by atoms with van der Waals surface area (Å²) >= 11 is 0. The van der Waals surface area contributed by atoms with Crippen LogP contribution in [0.25, 0.3) is 5.70 Å². The summed E-state index contributed by atoms with van der Waals surface area (Å²) in [7, 11) is 1.50. The molecule has 2 amide bonds. The minimum absolute atomic E-state index is 0.167. The third-order valence-corrected chi connectivity index (χ3v) is 4.17. The van der Waals surface area contributed by atoms with Crippen molar-refractivity contribution in [3.63, 3.8) is 0 Å². The number of carbonyl (C=O) groups is 2. The minimum Gasteiger partial charge on any atom is -0.383 e. The highest BCUT2D eigenvalue weighted by molar-refractivity contribution is 6.20. The zero-order chi connectivity index (χ0) is 20.8. The van der Waals surface area contributed by atoms with Crippen molar-refractivity contribution in [2.75, 3.05) is 20.3 Å². The summed E-state index contributed by atoms with van der Waals surface area (Å²) in [6, 6.07) is 13.9. The zero-order valence-electron chi connectivity index (χ0n) is 15.5. The van der Waals surface area contributed by atoms with E-state index in [-0.39, 0.29) is 29.2 Å². The Balaban J connectivity index is 1.94. The van der Waals surface area contributed by atoms with Crippen LogP contribution in [0.1, 0.15) is 21.5 Å². The molecule has 0 bridgehead atoms. The Hall–Kier alpha value is -3.83. The van der Waals surface area contributed by atoms with Crippen molar-refractivity contribution in [3.8, 4) is 6.07 Å². The Morgan fingerprint density at radius 1 is 1.14 bits per heavy atom. The molecule has 2 N–H and O–H groups in total. The van der Waals surface area contributed by atoms with Crippen molar-refractivity contribution < 1.29 is 18.7 Å². The average Bonchev–Trinajstić information content (AvgIpc) is 3.07. The molecule has 0 unspecified atom stereocenters. The van der Waals surface area contributed by atoms with E-state index in [2.05, 4.69) is 15.6 Å². The molecule has 1 aliphatic heterocycles. The van der Waals surface area contributed by atoms with Gasteiger partial charge < -0.3 is 15.4 Å². The SMILES string of the molecule is COCCNC(=O)/C(C#N)=C1\N=C(NC(=O)c2ccc(F)cc2)c2ccccc21. The number of benzene rings is 2. The van der Waals surface area contributed by atoms with E-state index in [1.54, 1.807) is 24.3 Å². The standard InChI is InChI=1S/C21H17FN4O3/c1-29-11-10-24-21(28)17(12-23)18-15-4-2-3-5-16(15)19(25-18)26-20(27)13-6-8-14(22)9-7-13/h2-9H,10-11H2,1H3,(H,24,28)(H,25,26,27)/b18-17-. The highest BCUT2D eigenvalue weighted by Crippen LogP contribution is 2.30. The molecule has 0 fully saturated rings. The summed E-state index contributed by atoms with van der Waals surface area (Å²) in [6.45, 7) is 0.548. The van der Waals surface area contributed by atoms with E-state index >= 15 is 0 Å². The topological polar surface area (TPSA) is 104 Å². The summed E-state index contributed by atoms with van der Waals surface area (Å²) in [5.74, 6) is -1.30. The Morgan fingerprint density at radius 2 is 1.83 bits per heavy atom. The lowest BCUT2D eigenvalue weighted by molar-refractivity contribution is -0.117. The number of methoxy groups -OCH3 is 1. The number of aliphatic imine (C=N–C) groups is 1. The number of nitriles is 1. The van der Waals surface area contributed by atoms with Gasteiger partial charge in [0.05, 0.1) is 12.3 Å². The lowest BCUT2D eigenvalue weighted by Gasteiger charge is -2.06. The number of nitrogens with zero attached hydrogens (tertiary/aromatic N) is 2. The molecule has 0 aliphatic carbocycles. The van der Waals surface area contributed by atoms with Crippen molar-refractivity contribution >= 4 is 23.3 Å². The number of hydrogen-bond acceptors (Lipinski definition) is 5. The lowest BCUT2D eigenvalue weighted by Crippen LogP contribution is -2.30. The largest absolute Gasteiger partial charge is 0.383 e. The molecule has 3 rings (SSSR count). The van der Waals surface area contributed by atoms with Crippen LogP contribution in [0, 0.1) is 17.1 Å². The highest BCUT2D eigenvalue weighted by atomic mass is 19.1. The predicted octanol–water partition coefficient (Wildman–Crippen LogP) is 2.01. The van der Waals surface area contributed by atoms with Crippen molar-refractivity contribution in [3.05, 3.63) is 76.6 Å². The number of amides is 2. The fourth-order valence-electron chi connectivity index (χ4n) is 2.76. The first-order valence-corrected chi connectivity index (χ1v) is 8.72. The van der Waals surface area contributed by atoms with E-state index in [4.69, 9.17) is 4.74 Å². The molecule has 0 aromatic heterocycles. The zero-order valence-corrected chi connectivity index (χ0v) is 15.5. The molecule has 0 atom stereocenters. The second-order valence-electron chi connectivity index (χ2n) is 6.05. The molecular weight excluding hydrogens is 375 g/mol.